The molecule has 1 aromatic carbocycles. The van der Waals surface area contributed by atoms with E-state index in [0.717, 1.165) is 11.1 Å². The molecule has 0 saturated carbocycles. The molecular formula is C20H26N2O7. The summed E-state index contributed by atoms with van der Waals surface area (Å²) >= 11 is 0. The van der Waals surface area contributed by atoms with Crippen molar-refractivity contribution >= 4 is 23.5 Å². The number of carbonyl (C=O) groups is 3. The van der Waals surface area contributed by atoms with Crippen LogP contribution in [0.4, 0.5) is 5.69 Å². The first kappa shape index (κ1) is 22.2. The molecule has 2 N–H and O–H groups in total. The maximum Gasteiger partial charge on any atom is 0.344 e. The van der Waals surface area contributed by atoms with Crippen molar-refractivity contribution in [2.45, 2.75) is 20.8 Å². The summed E-state index contributed by atoms with van der Waals surface area (Å²) in [7, 11) is 1.25. The smallest absolute Gasteiger partial charge is 0.344 e. The molecule has 0 bridgehead atoms. The number of aryl methyl sites for hydroxylation is 2. The van der Waals surface area contributed by atoms with Gasteiger partial charge in [-0.15, -0.1) is 0 Å². The third kappa shape index (κ3) is 5.26. The van der Waals surface area contributed by atoms with Gasteiger partial charge in [-0.3, -0.25) is 4.79 Å². The monoisotopic (exact) mass is 406 g/mol. The van der Waals surface area contributed by atoms with Crippen molar-refractivity contribution in [1.82, 2.24) is 4.90 Å². The zero-order valence-electron chi connectivity index (χ0n) is 17.0. The Morgan fingerprint density at radius 3 is 2.45 bits per heavy atom. The van der Waals surface area contributed by atoms with E-state index in [-0.39, 0.29) is 44.2 Å². The van der Waals surface area contributed by atoms with Crippen molar-refractivity contribution < 1.29 is 33.7 Å². The van der Waals surface area contributed by atoms with Crippen LogP contribution in [0.2, 0.25) is 0 Å². The summed E-state index contributed by atoms with van der Waals surface area (Å²) in [6.45, 7) is 5.38. The van der Waals surface area contributed by atoms with Crippen LogP contribution in [0.1, 0.15) is 18.1 Å². The van der Waals surface area contributed by atoms with E-state index in [0.29, 0.717) is 11.4 Å². The SMILES string of the molecule is CCOC(=O)COc1c(C)cc(NC2=C(C(=O)OC)CN(CCO)C2=O)cc1C. The largest absolute Gasteiger partial charge is 0.481 e. The molecule has 0 saturated heterocycles. The van der Waals surface area contributed by atoms with Crippen LogP contribution in [0, 0.1) is 13.8 Å². The number of aliphatic hydroxyl groups is 1. The second-order valence-electron chi connectivity index (χ2n) is 6.45. The molecule has 0 aliphatic carbocycles. The Balaban J connectivity index is 2.24. The van der Waals surface area contributed by atoms with Crippen LogP contribution in [0.5, 0.6) is 5.75 Å². The number of hydrogen-bond donors (Lipinski definition) is 2. The van der Waals surface area contributed by atoms with Gasteiger partial charge >= 0.3 is 11.9 Å². The number of hydrogen-bond acceptors (Lipinski definition) is 8. The topological polar surface area (TPSA) is 114 Å². The predicted molar refractivity (Wildman–Crippen MR) is 104 cm³/mol. The van der Waals surface area contributed by atoms with E-state index < -0.39 is 17.8 Å². The number of aliphatic hydroxyl groups excluding tert-OH is 1. The highest BCUT2D eigenvalue weighted by Gasteiger charge is 2.34. The number of rotatable bonds is 9. The van der Waals surface area contributed by atoms with E-state index in [1.165, 1.54) is 12.0 Å². The number of nitrogens with zero attached hydrogens (tertiary/aromatic N) is 1. The molecule has 1 aliphatic rings. The average molecular weight is 406 g/mol. The fraction of sp³-hybridized carbons (Fsp3) is 0.450. The first-order chi connectivity index (χ1) is 13.8. The van der Waals surface area contributed by atoms with E-state index in [1.807, 2.05) is 13.8 Å². The van der Waals surface area contributed by atoms with Crippen LogP contribution in [0.3, 0.4) is 0 Å². The number of β-amino-alcohol motifs (C(OH)–C–C–N with tert-alkyl or cyclic N) is 1. The molecule has 0 spiro atoms. The van der Waals surface area contributed by atoms with Crippen LogP contribution < -0.4 is 10.1 Å². The second-order valence-corrected chi connectivity index (χ2v) is 6.45. The molecule has 9 nitrogen and oxygen atoms in total. The second kappa shape index (κ2) is 9.92. The average Bonchev–Trinajstić information content (AvgIpc) is 2.97. The lowest BCUT2D eigenvalue weighted by Gasteiger charge is -2.16. The third-order valence-electron chi connectivity index (χ3n) is 4.32. The molecule has 0 unspecified atom stereocenters. The molecule has 2 rings (SSSR count). The number of nitrogens with one attached hydrogen (secondary N) is 1. The Kier molecular flexibility index (Phi) is 7.60. The number of carbonyl (C=O) groups excluding carboxylic acids is 3. The van der Waals surface area contributed by atoms with Crippen LogP contribution in [0.25, 0.3) is 0 Å². The quantitative estimate of drug-likeness (QED) is 0.582. The fourth-order valence-corrected chi connectivity index (χ4v) is 3.08. The molecule has 0 aromatic heterocycles. The van der Waals surface area contributed by atoms with Crippen molar-refractivity contribution in [2.24, 2.45) is 0 Å². The molecule has 9 heteroatoms. The number of amides is 1. The summed E-state index contributed by atoms with van der Waals surface area (Å²) in [5.41, 5.74) is 2.39. The zero-order valence-corrected chi connectivity index (χ0v) is 17.0. The Morgan fingerprint density at radius 2 is 1.90 bits per heavy atom. The highest BCUT2D eigenvalue weighted by Crippen LogP contribution is 2.30. The molecular weight excluding hydrogens is 380 g/mol. The lowest BCUT2D eigenvalue weighted by atomic mass is 10.1. The molecule has 1 aliphatic heterocycles. The highest BCUT2D eigenvalue weighted by molar-refractivity contribution is 6.08. The van der Waals surface area contributed by atoms with Gasteiger partial charge in [-0.25, -0.2) is 9.59 Å². The van der Waals surface area contributed by atoms with Gasteiger partial charge in [0.1, 0.15) is 11.4 Å². The minimum atomic E-state index is -0.607. The summed E-state index contributed by atoms with van der Waals surface area (Å²) in [4.78, 5) is 37.6. The number of methoxy groups -OCH3 is 1. The van der Waals surface area contributed by atoms with Crippen molar-refractivity contribution in [3.8, 4) is 5.75 Å². The number of ether oxygens (including phenoxy) is 3. The van der Waals surface area contributed by atoms with Gasteiger partial charge in [0, 0.05) is 12.2 Å². The van der Waals surface area contributed by atoms with E-state index in [9.17, 15) is 14.4 Å². The van der Waals surface area contributed by atoms with Gasteiger partial charge in [0.25, 0.3) is 5.91 Å². The van der Waals surface area contributed by atoms with E-state index in [1.54, 1.807) is 19.1 Å². The van der Waals surface area contributed by atoms with E-state index >= 15 is 0 Å². The van der Waals surface area contributed by atoms with Gasteiger partial charge in [0.15, 0.2) is 6.61 Å². The van der Waals surface area contributed by atoms with Crippen molar-refractivity contribution in [1.29, 1.82) is 0 Å². The first-order valence-corrected chi connectivity index (χ1v) is 9.20. The van der Waals surface area contributed by atoms with Crippen molar-refractivity contribution in [3.63, 3.8) is 0 Å². The minimum absolute atomic E-state index is 0.0626. The summed E-state index contributed by atoms with van der Waals surface area (Å²) < 4.78 is 15.2. The number of esters is 2. The van der Waals surface area contributed by atoms with Crippen LogP contribution >= 0.6 is 0 Å². The molecule has 1 amide bonds. The van der Waals surface area contributed by atoms with Gasteiger partial charge < -0.3 is 29.5 Å². The van der Waals surface area contributed by atoms with Crippen LogP contribution in [-0.4, -0.2) is 67.9 Å². The molecule has 0 fully saturated rings. The molecule has 0 radical (unpaired) electrons. The summed E-state index contributed by atoms with van der Waals surface area (Å²) in [6, 6.07) is 3.49. The first-order valence-electron chi connectivity index (χ1n) is 9.20. The molecule has 29 heavy (non-hydrogen) atoms. The van der Waals surface area contributed by atoms with Gasteiger partial charge in [-0.1, -0.05) is 0 Å². The third-order valence-corrected chi connectivity index (χ3v) is 4.32. The summed E-state index contributed by atoms with van der Waals surface area (Å²) in [5.74, 6) is -0.908. The fourth-order valence-electron chi connectivity index (χ4n) is 3.08. The Bertz CT molecular complexity index is 809. The van der Waals surface area contributed by atoms with E-state index in [4.69, 9.17) is 19.3 Å². The van der Waals surface area contributed by atoms with E-state index in [2.05, 4.69) is 5.32 Å². The van der Waals surface area contributed by atoms with Gasteiger partial charge in [-0.05, 0) is 44.0 Å². The Hall–Kier alpha value is -3.07. The van der Waals surface area contributed by atoms with Crippen LogP contribution in [-0.2, 0) is 23.9 Å². The highest BCUT2D eigenvalue weighted by atomic mass is 16.6. The van der Waals surface area contributed by atoms with Crippen LogP contribution in [0.15, 0.2) is 23.4 Å². The zero-order chi connectivity index (χ0) is 21.6. The maximum absolute atomic E-state index is 12.6. The van der Waals surface area contributed by atoms with Gasteiger partial charge in [0.2, 0.25) is 0 Å². The molecule has 1 aromatic rings. The number of benzene rings is 1. The lowest BCUT2D eigenvalue weighted by molar-refractivity contribution is -0.145. The molecule has 1 heterocycles. The van der Waals surface area contributed by atoms with Gasteiger partial charge in [-0.2, -0.15) is 0 Å². The molecule has 158 valence electrons. The Morgan fingerprint density at radius 1 is 1.24 bits per heavy atom. The summed E-state index contributed by atoms with van der Waals surface area (Å²) in [6.07, 6.45) is 0. The van der Waals surface area contributed by atoms with Crippen molar-refractivity contribution in [2.75, 3.05) is 45.3 Å². The van der Waals surface area contributed by atoms with Crippen molar-refractivity contribution in [3.05, 3.63) is 34.5 Å². The standard InChI is InChI=1S/C20H26N2O7/c1-5-28-16(24)11-29-18-12(2)8-14(9-13(18)3)21-17-15(20(26)27-4)10-22(6-7-23)19(17)25/h8-9,21,23H,5-7,10-11H2,1-4H3. The Labute approximate surface area is 169 Å². The maximum atomic E-state index is 12.6. The van der Waals surface area contributed by atoms with Gasteiger partial charge in [0.05, 0.1) is 32.4 Å². The predicted octanol–water partition coefficient (Wildman–Crippen LogP) is 0.919. The lowest BCUT2D eigenvalue weighted by Crippen LogP contribution is -2.31. The molecule has 0 atom stereocenters. The summed E-state index contributed by atoms with van der Waals surface area (Å²) in [5, 5.41) is 12.1. The minimum Gasteiger partial charge on any atom is -0.481 e. The normalized spacial score (nSPS) is 13.6. The number of anilines is 1.